The van der Waals surface area contributed by atoms with Crippen molar-refractivity contribution in [3.8, 4) is 11.4 Å². The van der Waals surface area contributed by atoms with Crippen molar-refractivity contribution < 1.29 is 9.53 Å². The second kappa shape index (κ2) is 9.32. The zero-order valence-corrected chi connectivity index (χ0v) is 18.0. The summed E-state index contributed by atoms with van der Waals surface area (Å²) in [4.78, 5) is 14.7. The van der Waals surface area contributed by atoms with Crippen LogP contribution in [0.5, 0.6) is 0 Å². The first-order valence-electron chi connectivity index (χ1n) is 9.92. The number of aromatic nitrogens is 3. The summed E-state index contributed by atoms with van der Waals surface area (Å²) in [6.45, 7) is 5.35. The van der Waals surface area contributed by atoms with Crippen LogP contribution in [-0.4, -0.2) is 52.7 Å². The van der Waals surface area contributed by atoms with E-state index in [9.17, 15) is 4.79 Å². The number of nitrogens with one attached hydrogen (secondary N) is 1. The van der Waals surface area contributed by atoms with E-state index < -0.39 is 0 Å². The van der Waals surface area contributed by atoms with Gasteiger partial charge in [0.2, 0.25) is 5.91 Å². The molecule has 0 atom stereocenters. The molecule has 1 fully saturated rings. The van der Waals surface area contributed by atoms with Gasteiger partial charge in [0, 0.05) is 37.1 Å². The molecule has 3 aromatic rings. The Bertz CT molecular complexity index is 995. The van der Waals surface area contributed by atoms with Crippen LogP contribution < -0.4 is 10.2 Å². The molecule has 7 nitrogen and oxygen atoms in total. The van der Waals surface area contributed by atoms with E-state index in [0.717, 1.165) is 49.1 Å². The minimum absolute atomic E-state index is 0.0704. The number of ether oxygens (including phenoxy) is 1. The summed E-state index contributed by atoms with van der Waals surface area (Å²) in [7, 11) is 1.92. The summed E-state index contributed by atoms with van der Waals surface area (Å²) in [5.74, 6) is 0.987. The molecule has 1 amide bonds. The highest BCUT2D eigenvalue weighted by molar-refractivity contribution is 7.99. The van der Waals surface area contributed by atoms with Crippen LogP contribution in [0, 0.1) is 6.92 Å². The SMILES string of the molecule is Cc1ccc(-c2nnc(SCC(=O)Nc3ccc(N4CCOCC4)cc3)n2C)cc1. The molecule has 4 rings (SSSR count). The minimum atomic E-state index is -0.0704. The van der Waals surface area contributed by atoms with E-state index in [1.54, 1.807) is 0 Å². The maximum atomic E-state index is 12.4. The average Bonchev–Trinajstić information content (AvgIpc) is 3.14. The summed E-state index contributed by atoms with van der Waals surface area (Å²) < 4.78 is 7.30. The van der Waals surface area contributed by atoms with Crippen molar-refractivity contribution in [3.05, 3.63) is 54.1 Å². The first-order valence-corrected chi connectivity index (χ1v) is 10.9. The summed E-state index contributed by atoms with van der Waals surface area (Å²) in [5.41, 5.74) is 4.14. The first kappa shape index (κ1) is 20.4. The number of benzene rings is 2. The highest BCUT2D eigenvalue weighted by atomic mass is 32.2. The summed E-state index contributed by atoms with van der Waals surface area (Å²) in [6, 6.07) is 16.1. The van der Waals surface area contributed by atoms with Crippen molar-refractivity contribution in [2.24, 2.45) is 7.05 Å². The van der Waals surface area contributed by atoms with Crippen molar-refractivity contribution in [3.63, 3.8) is 0 Å². The highest BCUT2D eigenvalue weighted by Gasteiger charge is 2.14. The molecular formula is C22H25N5O2S. The molecule has 0 unspecified atom stereocenters. The number of hydrogen-bond acceptors (Lipinski definition) is 6. The Morgan fingerprint density at radius 2 is 1.77 bits per heavy atom. The lowest BCUT2D eigenvalue weighted by Crippen LogP contribution is -2.36. The molecule has 156 valence electrons. The Morgan fingerprint density at radius 3 is 2.47 bits per heavy atom. The smallest absolute Gasteiger partial charge is 0.234 e. The molecule has 0 spiro atoms. The molecule has 1 N–H and O–H groups in total. The maximum absolute atomic E-state index is 12.4. The van der Waals surface area contributed by atoms with Crippen molar-refractivity contribution in [1.29, 1.82) is 0 Å². The molecule has 0 bridgehead atoms. The van der Waals surface area contributed by atoms with E-state index in [0.29, 0.717) is 5.16 Å². The van der Waals surface area contributed by atoms with E-state index in [4.69, 9.17) is 4.74 Å². The Morgan fingerprint density at radius 1 is 1.07 bits per heavy atom. The van der Waals surface area contributed by atoms with E-state index in [1.807, 2.05) is 48.0 Å². The zero-order valence-electron chi connectivity index (χ0n) is 17.2. The highest BCUT2D eigenvalue weighted by Crippen LogP contribution is 2.23. The molecule has 1 aliphatic heterocycles. The van der Waals surface area contributed by atoms with E-state index >= 15 is 0 Å². The van der Waals surface area contributed by atoms with Crippen LogP contribution in [0.3, 0.4) is 0 Å². The molecule has 30 heavy (non-hydrogen) atoms. The largest absolute Gasteiger partial charge is 0.378 e. The Balaban J connectivity index is 1.32. The predicted molar refractivity (Wildman–Crippen MR) is 120 cm³/mol. The number of thioether (sulfide) groups is 1. The minimum Gasteiger partial charge on any atom is -0.378 e. The van der Waals surface area contributed by atoms with Crippen molar-refractivity contribution in [2.45, 2.75) is 12.1 Å². The van der Waals surface area contributed by atoms with Crippen molar-refractivity contribution in [1.82, 2.24) is 14.8 Å². The maximum Gasteiger partial charge on any atom is 0.234 e. The number of aryl methyl sites for hydroxylation is 1. The Kier molecular flexibility index (Phi) is 6.35. The Hall–Kier alpha value is -2.84. The van der Waals surface area contributed by atoms with E-state index in [2.05, 4.69) is 39.5 Å². The van der Waals surface area contributed by atoms with Crippen LogP contribution in [0.4, 0.5) is 11.4 Å². The molecule has 1 aliphatic rings. The van der Waals surface area contributed by atoms with Crippen molar-refractivity contribution in [2.75, 3.05) is 42.3 Å². The average molecular weight is 424 g/mol. The standard InChI is InChI=1S/C22H25N5O2S/c1-16-3-5-17(6-4-16)21-24-25-22(26(21)2)30-15-20(28)23-18-7-9-19(10-8-18)27-11-13-29-14-12-27/h3-10H,11-15H2,1-2H3,(H,23,28). The molecule has 0 aliphatic carbocycles. The molecule has 0 saturated carbocycles. The van der Waals surface area contributed by atoms with Gasteiger partial charge in [-0.2, -0.15) is 0 Å². The fourth-order valence-corrected chi connectivity index (χ4v) is 4.01. The second-order valence-corrected chi connectivity index (χ2v) is 8.16. The summed E-state index contributed by atoms with van der Waals surface area (Å²) in [6.07, 6.45) is 0. The molecule has 8 heteroatoms. The second-order valence-electron chi connectivity index (χ2n) is 7.21. The van der Waals surface area contributed by atoms with Gasteiger partial charge in [-0.15, -0.1) is 10.2 Å². The van der Waals surface area contributed by atoms with Gasteiger partial charge in [-0.05, 0) is 31.2 Å². The number of morpholine rings is 1. The predicted octanol–water partition coefficient (Wildman–Crippen LogP) is 3.36. The van der Waals surface area contributed by atoms with Crippen LogP contribution in [0.2, 0.25) is 0 Å². The quantitative estimate of drug-likeness (QED) is 0.613. The fraction of sp³-hybridized carbons (Fsp3) is 0.318. The third-order valence-electron chi connectivity index (χ3n) is 5.00. The first-order chi connectivity index (χ1) is 14.6. The molecule has 2 aromatic carbocycles. The Labute approximate surface area is 180 Å². The van der Waals surface area contributed by atoms with Gasteiger partial charge in [0.1, 0.15) is 0 Å². The van der Waals surface area contributed by atoms with Crippen LogP contribution in [0.1, 0.15) is 5.56 Å². The topological polar surface area (TPSA) is 72.3 Å². The number of anilines is 2. The van der Waals surface area contributed by atoms with E-state index in [1.165, 1.54) is 17.3 Å². The molecule has 1 aromatic heterocycles. The number of nitrogens with zero attached hydrogens (tertiary/aromatic N) is 4. The van der Waals surface area contributed by atoms with Crippen molar-refractivity contribution >= 4 is 29.0 Å². The summed E-state index contributed by atoms with van der Waals surface area (Å²) >= 11 is 1.37. The van der Waals surface area contributed by atoms with E-state index in [-0.39, 0.29) is 11.7 Å². The zero-order chi connectivity index (χ0) is 20.9. The summed E-state index contributed by atoms with van der Waals surface area (Å²) in [5, 5.41) is 12.2. The number of amides is 1. The lowest BCUT2D eigenvalue weighted by atomic mass is 10.1. The molecular weight excluding hydrogens is 398 g/mol. The third kappa shape index (κ3) is 4.83. The van der Waals surface area contributed by atoms with Crippen LogP contribution in [0.25, 0.3) is 11.4 Å². The molecule has 1 saturated heterocycles. The lowest BCUT2D eigenvalue weighted by Gasteiger charge is -2.28. The fourth-order valence-electron chi connectivity index (χ4n) is 3.30. The molecule has 0 radical (unpaired) electrons. The normalized spacial score (nSPS) is 14.0. The van der Waals surface area contributed by atoms with Crippen LogP contribution in [-0.2, 0) is 16.6 Å². The van der Waals surface area contributed by atoms with Gasteiger partial charge < -0.3 is 19.5 Å². The van der Waals surface area contributed by atoms with Gasteiger partial charge in [0.25, 0.3) is 0 Å². The van der Waals surface area contributed by atoms with Crippen LogP contribution >= 0.6 is 11.8 Å². The van der Waals surface area contributed by atoms with Gasteiger partial charge in [0.15, 0.2) is 11.0 Å². The van der Waals surface area contributed by atoms with Gasteiger partial charge in [-0.1, -0.05) is 41.6 Å². The number of carbonyl (C=O) groups excluding carboxylic acids is 1. The molecule has 2 heterocycles. The number of carbonyl (C=O) groups is 1. The van der Waals surface area contributed by atoms with Gasteiger partial charge in [-0.3, -0.25) is 4.79 Å². The lowest BCUT2D eigenvalue weighted by molar-refractivity contribution is -0.113. The van der Waals surface area contributed by atoms with Gasteiger partial charge >= 0.3 is 0 Å². The monoisotopic (exact) mass is 423 g/mol. The van der Waals surface area contributed by atoms with Gasteiger partial charge in [0.05, 0.1) is 19.0 Å². The van der Waals surface area contributed by atoms with Crippen LogP contribution in [0.15, 0.2) is 53.7 Å². The number of hydrogen-bond donors (Lipinski definition) is 1. The van der Waals surface area contributed by atoms with Gasteiger partial charge in [-0.25, -0.2) is 0 Å². The third-order valence-corrected chi connectivity index (χ3v) is 6.02. The number of rotatable bonds is 6.